The number of halogens is 4. The summed E-state index contributed by atoms with van der Waals surface area (Å²) < 4.78 is 43.3. The van der Waals surface area contributed by atoms with E-state index in [9.17, 15) is 18.0 Å². The lowest BCUT2D eigenvalue weighted by Crippen LogP contribution is -2.16. The molecule has 0 radical (unpaired) electrons. The molecule has 0 N–H and O–H groups in total. The molecular weight excluding hydrogens is 293 g/mol. The van der Waals surface area contributed by atoms with E-state index in [0.717, 1.165) is 12.1 Å². The highest BCUT2D eigenvalue weighted by Crippen LogP contribution is 2.33. The molecule has 0 saturated carbocycles. The molecule has 2 aromatic rings. The molecule has 0 aliphatic heterocycles. The van der Waals surface area contributed by atoms with Crippen molar-refractivity contribution < 1.29 is 22.7 Å². The van der Waals surface area contributed by atoms with Crippen molar-refractivity contribution in [2.24, 2.45) is 0 Å². The summed E-state index contributed by atoms with van der Waals surface area (Å²) in [5, 5.41) is 0.144. The van der Waals surface area contributed by atoms with Crippen LogP contribution in [0.1, 0.15) is 15.9 Å². The number of para-hydroxylation sites is 1. The van der Waals surface area contributed by atoms with E-state index in [1.54, 1.807) is 12.1 Å². The van der Waals surface area contributed by atoms with E-state index in [1.807, 2.05) is 0 Å². The molecule has 2 rings (SSSR count). The van der Waals surface area contributed by atoms with Crippen LogP contribution in [0, 0.1) is 0 Å². The first-order valence-electron chi connectivity index (χ1n) is 5.52. The van der Waals surface area contributed by atoms with E-state index in [1.165, 1.54) is 24.3 Å². The van der Waals surface area contributed by atoms with Crippen LogP contribution in [-0.4, -0.2) is 5.97 Å². The standard InChI is InChI=1S/C14H8ClF3O2/c15-11-7-3-4-8-12(11)20-13(19)9-5-1-2-6-10(9)14(16,17)18/h1-8H. The third kappa shape index (κ3) is 3.11. The quantitative estimate of drug-likeness (QED) is 0.599. The lowest BCUT2D eigenvalue weighted by molar-refractivity contribution is -0.138. The molecule has 0 unspecified atom stereocenters. The fourth-order valence-corrected chi connectivity index (χ4v) is 1.76. The van der Waals surface area contributed by atoms with E-state index < -0.39 is 23.3 Å². The zero-order chi connectivity index (χ0) is 14.8. The summed E-state index contributed by atoms with van der Waals surface area (Å²) in [5.41, 5.74) is -1.60. The molecule has 0 aliphatic carbocycles. The van der Waals surface area contributed by atoms with Gasteiger partial charge in [0.2, 0.25) is 0 Å². The minimum absolute atomic E-state index is 0.0103. The van der Waals surface area contributed by atoms with Gasteiger partial charge in [-0.25, -0.2) is 4.79 Å². The third-order valence-electron chi connectivity index (χ3n) is 2.49. The predicted molar refractivity (Wildman–Crippen MR) is 67.9 cm³/mol. The van der Waals surface area contributed by atoms with Gasteiger partial charge in [0.15, 0.2) is 0 Å². The van der Waals surface area contributed by atoms with Gasteiger partial charge in [-0.15, -0.1) is 0 Å². The second-order valence-corrected chi connectivity index (χ2v) is 4.27. The van der Waals surface area contributed by atoms with Crippen LogP contribution in [0.2, 0.25) is 5.02 Å². The van der Waals surface area contributed by atoms with Crippen LogP contribution in [0.25, 0.3) is 0 Å². The summed E-state index contributed by atoms with van der Waals surface area (Å²) in [6, 6.07) is 10.5. The highest BCUT2D eigenvalue weighted by Gasteiger charge is 2.35. The van der Waals surface area contributed by atoms with Gasteiger partial charge in [-0.05, 0) is 24.3 Å². The molecule has 0 aliphatic rings. The van der Waals surface area contributed by atoms with Gasteiger partial charge in [0.1, 0.15) is 5.75 Å². The highest BCUT2D eigenvalue weighted by atomic mass is 35.5. The van der Waals surface area contributed by atoms with Gasteiger partial charge in [0.25, 0.3) is 0 Å². The summed E-state index contributed by atoms with van der Waals surface area (Å²) in [7, 11) is 0. The summed E-state index contributed by atoms with van der Waals surface area (Å²) >= 11 is 5.79. The van der Waals surface area contributed by atoms with Crippen LogP contribution in [0.15, 0.2) is 48.5 Å². The normalized spacial score (nSPS) is 11.2. The first-order valence-corrected chi connectivity index (χ1v) is 5.90. The van der Waals surface area contributed by atoms with Gasteiger partial charge in [0.05, 0.1) is 16.1 Å². The van der Waals surface area contributed by atoms with Crippen LogP contribution in [-0.2, 0) is 6.18 Å². The van der Waals surface area contributed by atoms with Crippen LogP contribution < -0.4 is 4.74 Å². The number of rotatable bonds is 2. The average molecular weight is 301 g/mol. The number of carbonyl (C=O) groups excluding carboxylic acids is 1. The number of ether oxygens (including phenoxy) is 1. The fraction of sp³-hybridized carbons (Fsp3) is 0.0714. The Balaban J connectivity index is 2.34. The van der Waals surface area contributed by atoms with Crippen LogP contribution in [0.3, 0.4) is 0 Å². The molecule has 0 saturated heterocycles. The second-order valence-electron chi connectivity index (χ2n) is 3.86. The van der Waals surface area contributed by atoms with Crippen LogP contribution in [0.5, 0.6) is 5.75 Å². The average Bonchev–Trinajstić information content (AvgIpc) is 2.40. The first kappa shape index (κ1) is 14.4. The first-order chi connectivity index (χ1) is 9.39. The van der Waals surface area contributed by atoms with E-state index in [4.69, 9.17) is 16.3 Å². The Bertz CT molecular complexity index is 638. The Labute approximate surface area is 117 Å². The van der Waals surface area contributed by atoms with E-state index >= 15 is 0 Å². The smallest absolute Gasteiger partial charge is 0.417 e. The van der Waals surface area contributed by atoms with Crippen molar-refractivity contribution in [1.82, 2.24) is 0 Å². The van der Waals surface area contributed by atoms with Crippen molar-refractivity contribution in [2.75, 3.05) is 0 Å². The monoisotopic (exact) mass is 300 g/mol. The number of alkyl halides is 3. The van der Waals surface area contributed by atoms with Crippen molar-refractivity contribution in [3.8, 4) is 5.75 Å². The second kappa shape index (κ2) is 5.54. The maximum Gasteiger partial charge on any atom is 0.417 e. The van der Waals surface area contributed by atoms with Crippen molar-refractivity contribution in [3.05, 3.63) is 64.7 Å². The molecule has 0 aromatic heterocycles. The molecule has 104 valence electrons. The van der Waals surface area contributed by atoms with E-state index in [-0.39, 0.29) is 10.8 Å². The number of carbonyl (C=O) groups is 1. The fourth-order valence-electron chi connectivity index (χ4n) is 1.59. The van der Waals surface area contributed by atoms with Crippen LogP contribution >= 0.6 is 11.6 Å². The van der Waals surface area contributed by atoms with Gasteiger partial charge < -0.3 is 4.74 Å². The lowest BCUT2D eigenvalue weighted by atomic mass is 10.1. The minimum Gasteiger partial charge on any atom is -0.421 e. The predicted octanol–water partition coefficient (Wildman–Crippen LogP) is 4.58. The van der Waals surface area contributed by atoms with Crippen LogP contribution in [0.4, 0.5) is 13.2 Å². The molecule has 0 amide bonds. The molecule has 0 spiro atoms. The van der Waals surface area contributed by atoms with Crippen molar-refractivity contribution in [3.63, 3.8) is 0 Å². The molecule has 0 fully saturated rings. The molecule has 20 heavy (non-hydrogen) atoms. The van der Waals surface area contributed by atoms with Gasteiger partial charge in [0, 0.05) is 0 Å². The van der Waals surface area contributed by atoms with E-state index in [2.05, 4.69) is 0 Å². The van der Waals surface area contributed by atoms with Gasteiger partial charge >= 0.3 is 12.1 Å². The maximum atomic E-state index is 12.8. The molecule has 2 nitrogen and oxygen atoms in total. The zero-order valence-corrected chi connectivity index (χ0v) is 10.7. The zero-order valence-electron chi connectivity index (χ0n) is 9.95. The summed E-state index contributed by atoms with van der Waals surface area (Å²) in [4.78, 5) is 11.9. The van der Waals surface area contributed by atoms with Gasteiger partial charge in [-0.3, -0.25) is 0 Å². The Morgan fingerprint density at radius 1 is 1.00 bits per heavy atom. The van der Waals surface area contributed by atoms with Gasteiger partial charge in [-0.2, -0.15) is 13.2 Å². The summed E-state index contributed by atoms with van der Waals surface area (Å²) in [6.07, 6.45) is -4.63. The minimum atomic E-state index is -4.63. The number of esters is 1. The molecule has 2 aromatic carbocycles. The Morgan fingerprint density at radius 2 is 1.60 bits per heavy atom. The molecule has 6 heteroatoms. The van der Waals surface area contributed by atoms with Crippen molar-refractivity contribution in [1.29, 1.82) is 0 Å². The van der Waals surface area contributed by atoms with Gasteiger partial charge in [-0.1, -0.05) is 35.9 Å². The molecule has 0 bridgehead atoms. The SMILES string of the molecule is O=C(Oc1ccccc1Cl)c1ccccc1C(F)(F)F. The molecule has 0 atom stereocenters. The van der Waals surface area contributed by atoms with E-state index in [0.29, 0.717) is 0 Å². The maximum absolute atomic E-state index is 12.8. The number of benzene rings is 2. The highest BCUT2D eigenvalue weighted by molar-refractivity contribution is 6.32. The lowest BCUT2D eigenvalue weighted by Gasteiger charge is -2.12. The summed E-state index contributed by atoms with van der Waals surface area (Å²) in [6.45, 7) is 0. The topological polar surface area (TPSA) is 26.3 Å². The molecule has 0 heterocycles. The molecular formula is C14H8ClF3O2. The van der Waals surface area contributed by atoms with Crippen molar-refractivity contribution in [2.45, 2.75) is 6.18 Å². The number of hydrogen-bond acceptors (Lipinski definition) is 2. The summed E-state index contributed by atoms with van der Waals surface area (Å²) in [5.74, 6) is -1.10. The third-order valence-corrected chi connectivity index (χ3v) is 2.80. The number of hydrogen-bond donors (Lipinski definition) is 0. The largest absolute Gasteiger partial charge is 0.421 e. The van der Waals surface area contributed by atoms with Crippen molar-refractivity contribution >= 4 is 17.6 Å². The Kier molecular flexibility index (Phi) is 3.99. The Morgan fingerprint density at radius 3 is 2.25 bits per heavy atom. The Hall–Kier alpha value is -2.01.